The maximum atomic E-state index is 13.9. The molecule has 1 N–H and O–H groups in total. The van der Waals surface area contributed by atoms with Gasteiger partial charge in [0.25, 0.3) is 5.91 Å². The number of hydrogen-bond donors (Lipinski definition) is 1. The lowest BCUT2D eigenvalue weighted by Gasteiger charge is -2.09. The summed E-state index contributed by atoms with van der Waals surface area (Å²) < 4.78 is 64.0. The van der Waals surface area contributed by atoms with Crippen LogP contribution in [0.2, 0.25) is 0 Å². The van der Waals surface area contributed by atoms with Crippen LogP contribution in [0.1, 0.15) is 28.8 Å². The molecule has 0 aromatic heterocycles. The highest BCUT2D eigenvalue weighted by atomic mass is 32.2. The average molecular weight is 369 g/mol. The van der Waals surface area contributed by atoms with E-state index < -0.39 is 44.2 Å². The number of rotatable bonds is 5. The van der Waals surface area contributed by atoms with Crippen LogP contribution in [-0.4, -0.2) is 19.6 Å². The van der Waals surface area contributed by atoms with Crippen LogP contribution < -0.4 is 5.32 Å². The summed E-state index contributed by atoms with van der Waals surface area (Å²) in [5, 5.41) is 1.99. The van der Waals surface area contributed by atoms with Crippen molar-refractivity contribution in [3.05, 3.63) is 65.0 Å². The van der Waals surface area contributed by atoms with Gasteiger partial charge in [0.1, 0.15) is 5.82 Å². The Kier molecular flexibility index (Phi) is 4.55. The molecule has 132 valence electrons. The van der Waals surface area contributed by atoms with Crippen LogP contribution in [-0.2, 0) is 15.6 Å². The van der Waals surface area contributed by atoms with E-state index >= 15 is 0 Å². The lowest BCUT2D eigenvalue weighted by atomic mass is 10.1. The number of anilines is 1. The first kappa shape index (κ1) is 17.5. The van der Waals surface area contributed by atoms with Crippen LogP contribution in [0.15, 0.2) is 36.4 Å². The second-order valence-electron chi connectivity index (χ2n) is 5.90. The third-order valence-electron chi connectivity index (χ3n) is 3.87. The van der Waals surface area contributed by atoms with Crippen molar-refractivity contribution in [2.45, 2.75) is 23.8 Å². The molecule has 0 atom stereocenters. The molecule has 0 radical (unpaired) electrons. The third-order valence-corrected chi connectivity index (χ3v) is 6.07. The van der Waals surface area contributed by atoms with E-state index in [1.165, 1.54) is 12.1 Å². The SMILES string of the molecule is O=C(Nc1ccc(F)c(CS(=O)(=O)C2CC2)c1)c1ccc(F)c(F)c1. The molecule has 0 saturated heterocycles. The highest BCUT2D eigenvalue weighted by Crippen LogP contribution is 2.31. The first-order valence-electron chi connectivity index (χ1n) is 7.52. The zero-order chi connectivity index (χ0) is 18.2. The Labute approximate surface area is 142 Å². The van der Waals surface area contributed by atoms with Crippen molar-refractivity contribution >= 4 is 21.4 Å². The zero-order valence-electron chi connectivity index (χ0n) is 12.9. The van der Waals surface area contributed by atoms with Gasteiger partial charge in [0.15, 0.2) is 21.5 Å². The fraction of sp³-hybridized carbons (Fsp3) is 0.235. The van der Waals surface area contributed by atoms with E-state index in [4.69, 9.17) is 0 Å². The molecule has 25 heavy (non-hydrogen) atoms. The molecule has 0 heterocycles. The van der Waals surface area contributed by atoms with E-state index in [1.54, 1.807) is 0 Å². The standard InChI is InChI=1S/C17H14F3NO3S/c18-14-6-2-12(7-11(14)9-25(23,24)13-3-4-13)21-17(22)10-1-5-15(19)16(20)8-10/h1-2,5-8,13H,3-4,9H2,(H,21,22). The number of benzene rings is 2. The average Bonchev–Trinajstić information content (AvgIpc) is 3.38. The molecule has 0 bridgehead atoms. The summed E-state index contributed by atoms with van der Waals surface area (Å²) in [6, 6.07) is 6.22. The largest absolute Gasteiger partial charge is 0.322 e. The molecule has 1 amide bonds. The Balaban J connectivity index is 1.79. The molecule has 8 heteroatoms. The van der Waals surface area contributed by atoms with E-state index in [0.29, 0.717) is 12.8 Å². The minimum absolute atomic E-state index is 0.0463. The first-order chi connectivity index (χ1) is 11.8. The number of sulfone groups is 1. The Morgan fingerprint density at radius 3 is 2.32 bits per heavy atom. The topological polar surface area (TPSA) is 63.2 Å². The van der Waals surface area contributed by atoms with Gasteiger partial charge in [-0.3, -0.25) is 4.79 Å². The fourth-order valence-electron chi connectivity index (χ4n) is 2.37. The van der Waals surface area contributed by atoms with Crippen molar-refractivity contribution in [3.8, 4) is 0 Å². The predicted octanol–water partition coefficient (Wildman–Crippen LogP) is 3.43. The number of amides is 1. The van der Waals surface area contributed by atoms with E-state index in [2.05, 4.69) is 5.32 Å². The number of nitrogens with one attached hydrogen (secondary N) is 1. The normalized spacial score (nSPS) is 14.4. The summed E-state index contributed by atoms with van der Waals surface area (Å²) >= 11 is 0. The predicted molar refractivity (Wildman–Crippen MR) is 86.4 cm³/mol. The van der Waals surface area contributed by atoms with Gasteiger partial charge >= 0.3 is 0 Å². The van der Waals surface area contributed by atoms with Crippen LogP contribution in [0.25, 0.3) is 0 Å². The molecule has 2 aromatic carbocycles. The first-order valence-corrected chi connectivity index (χ1v) is 9.24. The van der Waals surface area contributed by atoms with Gasteiger partial charge in [-0.1, -0.05) is 0 Å². The quantitative estimate of drug-likeness (QED) is 0.878. The molecule has 1 aliphatic carbocycles. The molecule has 4 nitrogen and oxygen atoms in total. The van der Waals surface area contributed by atoms with Crippen LogP contribution >= 0.6 is 0 Å². The lowest BCUT2D eigenvalue weighted by molar-refractivity contribution is 0.102. The second kappa shape index (κ2) is 6.51. The van der Waals surface area contributed by atoms with Gasteiger partial charge in [0, 0.05) is 16.8 Å². The van der Waals surface area contributed by atoms with Gasteiger partial charge in [-0.15, -0.1) is 0 Å². The van der Waals surface area contributed by atoms with Gasteiger partial charge in [-0.05, 0) is 49.2 Å². The molecule has 0 spiro atoms. The van der Waals surface area contributed by atoms with Gasteiger partial charge in [0.2, 0.25) is 0 Å². The van der Waals surface area contributed by atoms with E-state index in [0.717, 1.165) is 24.3 Å². The summed E-state index contributed by atoms with van der Waals surface area (Å²) in [6.07, 6.45) is 1.16. The van der Waals surface area contributed by atoms with E-state index in [-0.39, 0.29) is 16.8 Å². The Morgan fingerprint density at radius 1 is 1.00 bits per heavy atom. The number of halogens is 3. The molecular weight excluding hydrogens is 355 g/mol. The van der Waals surface area contributed by atoms with Gasteiger partial charge in [-0.25, -0.2) is 21.6 Å². The van der Waals surface area contributed by atoms with Crippen LogP contribution in [0.3, 0.4) is 0 Å². The molecule has 3 rings (SSSR count). The molecule has 0 aliphatic heterocycles. The third kappa shape index (κ3) is 4.01. The zero-order valence-corrected chi connectivity index (χ0v) is 13.7. The molecular formula is C17H14F3NO3S. The minimum atomic E-state index is -3.41. The lowest BCUT2D eigenvalue weighted by Crippen LogP contribution is -2.14. The molecule has 2 aromatic rings. The minimum Gasteiger partial charge on any atom is -0.322 e. The van der Waals surface area contributed by atoms with E-state index in [1.807, 2.05) is 0 Å². The smallest absolute Gasteiger partial charge is 0.255 e. The van der Waals surface area contributed by atoms with Crippen LogP contribution in [0, 0.1) is 17.5 Å². The number of carbonyl (C=O) groups is 1. The van der Waals surface area contributed by atoms with Crippen molar-refractivity contribution in [2.75, 3.05) is 5.32 Å². The van der Waals surface area contributed by atoms with Crippen molar-refractivity contribution in [1.82, 2.24) is 0 Å². The molecule has 1 saturated carbocycles. The Morgan fingerprint density at radius 2 is 1.68 bits per heavy atom. The van der Waals surface area contributed by atoms with E-state index in [9.17, 15) is 26.4 Å². The van der Waals surface area contributed by atoms with Gasteiger partial charge < -0.3 is 5.32 Å². The summed E-state index contributed by atoms with van der Waals surface area (Å²) in [4.78, 5) is 12.1. The number of carbonyl (C=O) groups excluding carboxylic acids is 1. The molecule has 1 aliphatic rings. The maximum Gasteiger partial charge on any atom is 0.255 e. The highest BCUT2D eigenvalue weighted by molar-refractivity contribution is 7.91. The van der Waals surface area contributed by atoms with Gasteiger partial charge in [-0.2, -0.15) is 0 Å². The fourth-order valence-corrected chi connectivity index (χ4v) is 4.11. The highest BCUT2D eigenvalue weighted by Gasteiger charge is 2.36. The van der Waals surface area contributed by atoms with Crippen LogP contribution in [0.5, 0.6) is 0 Å². The molecule has 0 unspecified atom stereocenters. The summed E-state index contributed by atoms with van der Waals surface area (Å²) in [5.74, 6) is -4.09. The summed E-state index contributed by atoms with van der Waals surface area (Å²) in [6.45, 7) is 0. The van der Waals surface area contributed by atoms with Crippen molar-refractivity contribution < 1.29 is 26.4 Å². The maximum absolute atomic E-state index is 13.9. The Bertz CT molecular complexity index is 940. The molecule has 1 fully saturated rings. The van der Waals surface area contributed by atoms with Crippen molar-refractivity contribution in [1.29, 1.82) is 0 Å². The monoisotopic (exact) mass is 369 g/mol. The van der Waals surface area contributed by atoms with Crippen molar-refractivity contribution in [2.24, 2.45) is 0 Å². The number of hydrogen-bond acceptors (Lipinski definition) is 3. The Hall–Kier alpha value is -2.35. The summed E-state index contributed by atoms with van der Waals surface area (Å²) in [7, 11) is -3.41. The van der Waals surface area contributed by atoms with Crippen LogP contribution in [0.4, 0.5) is 18.9 Å². The second-order valence-corrected chi connectivity index (χ2v) is 8.18. The summed E-state index contributed by atoms with van der Waals surface area (Å²) in [5.41, 5.74) is 0.00231. The van der Waals surface area contributed by atoms with Gasteiger partial charge in [0.05, 0.1) is 11.0 Å². The van der Waals surface area contributed by atoms with Crippen molar-refractivity contribution in [3.63, 3.8) is 0 Å².